The summed E-state index contributed by atoms with van der Waals surface area (Å²) >= 11 is 6.11. The number of carbonyl (C=O) groups excluding carboxylic acids is 1. The molecular formula is C18H19ClN2O2. The first-order valence-electron chi connectivity index (χ1n) is 7.57. The summed E-state index contributed by atoms with van der Waals surface area (Å²) in [5.41, 5.74) is 1.81. The van der Waals surface area contributed by atoms with Gasteiger partial charge in [0.05, 0.1) is 29.7 Å². The zero-order valence-corrected chi connectivity index (χ0v) is 14.4. The van der Waals surface area contributed by atoms with Crippen LogP contribution in [-0.4, -0.2) is 17.0 Å². The first-order chi connectivity index (χ1) is 10.8. The molecule has 1 aromatic heterocycles. The summed E-state index contributed by atoms with van der Waals surface area (Å²) in [6, 6.07) is 7.23. The zero-order chi connectivity index (χ0) is 16.8. The Morgan fingerprint density at radius 3 is 2.65 bits per heavy atom. The third-order valence-corrected chi connectivity index (χ3v) is 4.20. The Bertz CT molecular complexity index is 771. The largest absolute Gasteiger partial charge is 0.489 e. The molecule has 1 amide bonds. The fourth-order valence-electron chi connectivity index (χ4n) is 3.01. The SMILES string of the molecule is CC(C)Oc1cncc(N2C(=O)c3ccc(Cl)cc3C2(C)C)c1. The van der Waals surface area contributed by atoms with Crippen molar-refractivity contribution >= 4 is 23.2 Å². The number of benzene rings is 1. The quantitative estimate of drug-likeness (QED) is 0.836. The van der Waals surface area contributed by atoms with Gasteiger partial charge >= 0.3 is 0 Å². The van der Waals surface area contributed by atoms with E-state index in [9.17, 15) is 4.79 Å². The first kappa shape index (κ1) is 15.8. The van der Waals surface area contributed by atoms with Crippen molar-refractivity contribution in [2.45, 2.75) is 39.3 Å². The lowest BCUT2D eigenvalue weighted by Crippen LogP contribution is -2.39. The average Bonchev–Trinajstić information content (AvgIpc) is 2.65. The summed E-state index contributed by atoms with van der Waals surface area (Å²) in [7, 11) is 0. The monoisotopic (exact) mass is 330 g/mol. The number of fused-ring (bicyclic) bond motifs is 1. The lowest BCUT2D eigenvalue weighted by molar-refractivity contribution is 0.0982. The Kier molecular flexibility index (Phi) is 3.80. The summed E-state index contributed by atoms with van der Waals surface area (Å²) in [5.74, 6) is 0.597. The molecule has 0 radical (unpaired) electrons. The predicted molar refractivity (Wildman–Crippen MR) is 91.3 cm³/mol. The molecule has 0 bridgehead atoms. The van der Waals surface area contributed by atoms with Crippen molar-refractivity contribution in [1.82, 2.24) is 4.98 Å². The Hall–Kier alpha value is -2.07. The smallest absolute Gasteiger partial charge is 0.259 e. The third-order valence-electron chi connectivity index (χ3n) is 3.96. The number of rotatable bonds is 3. The van der Waals surface area contributed by atoms with Crippen LogP contribution in [0.25, 0.3) is 0 Å². The van der Waals surface area contributed by atoms with Crippen molar-refractivity contribution in [2.24, 2.45) is 0 Å². The molecule has 0 saturated carbocycles. The molecule has 0 unspecified atom stereocenters. The maximum absolute atomic E-state index is 12.9. The fraction of sp³-hybridized carbons (Fsp3) is 0.333. The summed E-state index contributed by atoms with van der Waals surface area (Å²) in [5, 5.41) is 0.626. The van der Waals surface area contributed by atoms with Crippen molar-refractivity contribution in [3.8, 4) is 5.75 Å². The summed E-state index contributed by atoms with van der Waals surface area (Å²) in [6.45, 7) is 7.91. The number of aromatic nitrogens is 1. The number of nitrogens with zero attached hydrogens (tertiary/aromatic N) is 2. The van der Waals surface area contributed by atoms with E-state index in [1.807, 2.05) is 39.8 Å². The number of carbonyl (C=O) groups is 1. The minimum Gasteiger partial charge on any atom is -0.489 e. The van der Waals surface area contributed by atoms with Crippen LogP contribution in [0.5, 0.6) is 5.75 Å². The highest BCUT2D eigenvalue weighted by molar-refractivity contribution is 6.31. The fourth-order valence-corrected chi connectivity index (χ4v) is 3.18. The molecule has 0 N–H and O–H groups in total. The maximum Gasteiger partial charge on any atom is 0.259 e. The van der Waals surface area contributed by atoms with E-state index < -0.39 is 5.54 Å². The maximum atomic E-state index is 12.9. The average molecular weight is 331 g/mol. The van der Waals surface area contributed by atoms with Gasteiger partial charge < -0.3 is 4.74 Å². The number of amides is 1. The number of pyridine rings is 1. The highest BCUT2D eigenvalue weighted by atomic mass is 35.5. The van der Waals surface area contributed by atoms with Gasteiger partial charge in [0.25, 0.3) is 5.91 Å². The van der Waals surface area contributed by atoms with Crippen LogP contribution in [-0.2, 0) is 5.54 Å². The highest BCUT2D eigenvalue weighted by Crippen LogP contribution is 2.43. The van der Waals surface area contributed by atoms with Gasteiger partial charge in [0, 0.05) is 16.7 Å². The van der Waals surface area contributed by atoms with E-state index in [-0.39, 0.29) is 12.0 Å². The molecule has 3 rings (SSSR count). The van der Waals surface area contributed by atoms with Crippen LogP contribution >= 0.6 is 11.6 Å². The van der Waals surface area contributed by atoms with Crippen LogP contribution in [0.2, 0.25) is 5.02 Å². The molecule has 1 aromatic carbocycles. The van der Waals surface area contributed by atoms with Gasteiger partial charge in [0.2, 0.25) is 0 Å². The van der Waals surface area contributed by atoms with E-state index >= 15 is 0 Å². The topological polar surface area (TPSA) is 42.4 Å². The lowest BCUT2D eigenvalue weighted by Gasteiger charge is -2.32. The number of halogens is 1. The van der Waals surface area contributed by atoms with E-state index in [0.29, 0.717) is 22.0 Å². The van der Waals surface area contributed by atoms with Crippen LogP contribution < -0.4 is 9.64 Å². The van der Waals surface area contributed by atoms with Gasteiger partial charge in [0.15, 0.2) is 0 Å². The van der Waals surface area contributed by atoms with Crippen molar-refractivity contribution in [1.29, 1.82) is 0 Å². The van der Waals surface area contributed by atoms with Crippen LogP contribution in [0, 0.1) is 0 Å². The van der Waals surface area contributed by atoms with Crippen molar-refractivity contribution in [3.63, 3.8) is 0 Å². The summed E-state index contributed by atoms with van der Waals surface area (Å²) < 4.78 is 5.69. The van der Waals surface area contributed by atoms with E-state index in [4.69, 9.17) is 16.3 Å². The van der Waals surface area contributed by atoms with Gasteiger partial charge in [-0.15, -0.1) is 0 Å². The predicted octanol–water partition coefficient (Wildman–Crippen LogP) is 4.42. The third kappa shape index (κ3) is 2.68. The highest BCUT2D eigenvalue weighted by Gasteiger charge is 2.44. The molecule has 5 heteroatoms. The number of ether oxygens (including phenoxy) is 1. The van der Waals surface area contributed by atoms with Crippen LogP contribution in [0.15, 0.2) is 36.7 Å². The van der Waals surface area contributed by atoms with Crippen LogP contribution in [0.4, 0.5) is 5.69 Å². The van der Waals surface area contributed by atoms with E-state index in [1.54, 1.807) is 29.4 Å². The molecule has 0 fully saturated rings. The molecule has 0 atom stereocenters. The van der Waals surface area contributed by atoms with Gasteiger partial charge in [-0.1, -0.05) is 11.6 Å². The van der Waals surface area contributed by atoms with E-state index in [1.165, 1.54) is 0 Å². The minimum atomic E-state index is -0.505. The molecule has 1 aliphatic heterocycles. The molecule has 1 aliphatic rings. The van der Waals surface area contributed by atoms with Crippen molar-refractivity contribution in [2.75, 3.05) is 4.90 Å². The number of anilines is 1. The molecule has 4 nitrogen and oxygen atoms in total. The van der Waals surface area contributed by atoms with Crippen molar-refractivity contribution < 1.29 is 9.53 Å². The molecule has 0 spiro atoms. The summed E-state index contributed by atoms with van der Waals surface area (Å²) in [4.78, 5) is 18.8. The van der Waals surface area contributed by atoms with E-state index in [0.717, 1.165) is 5.56 Å². The van der Waals surface area contributed by atoms with Gasteiger partial charge in [0.1, 0.15) is 5.75 Å². The molecular weight excluding hydrogens is 312 g/mol. The second-order valence-electron chi connectivity index (χ2n) is 6.43. The Balaban J connectivity index is 2.06. The minimum absolute atomic E-state index is 0.0466. The Labute approximate surface area is 141 Å². The van der Waals surface area contributed by atoms with Crippen molar-refractivity contribution in [3.05, 3.63) is 52.8 Å². The zero-order valence-electron chi connectivity index (χ0n) is 13.6. The number of hydrogen-bond acceptors (Lipinski definition) is 3. The lowest BCUT2D eigenvalue weighted by atomic mass is 9.93. The van der Waals surface area contributed by atoms with Crippen LogP contribution in [0.1, 0.15) is 43.6 Å². The molecule has 0 aliphatic carbocycles. The Morgan fingerprint density at radius 2 is 1.96 bits per heavy atom. The van der Waals surface area contributed by atoms with Gasteiger partial charge in [-0.25, -0.2) is 0 Å². The molecule has 2 aromatic rings. The molecule has 23 heavy (non-hydrogen) atoms. The molecule has 0 saturated heterocycles. The second kappa shape index (κ2) is 5.53. The summed E-state index contributed by atoms with van der Waals surface area (Å²) in [6.07, 6.45) is 3.38. The van der Waals surface area contributed by atoms with Gasteiger partial charge in [-0.05, 0) is 51.5 Å². The second-order valence-corrected chi connectivity index (χ2v) is 6.87. The van der Waals surface area contributed by atoms with Crippen LogP contribution in [0.3, 0.4) is 0 Å². The normalized spacial score (nSPS) is 15.9. The first-order valence-corrected chi connectivity index (χ1v) is 7.95. The molecule has 2 heterocycles. The number of hydrogen-bond donors (Lipinski definition) is 0. The standard InChI is InChI=1S/C18H19ClN2O2/c1-11(2)23-14-8-13(9-20-10-14)21-17(22)15-6-5-12(19)7-16(15)18(21,3)4/h5-11H,1-4H3. The Morgan fingerprint density at radius 1 is 1.22 bits per heavy atom. The molecule has 120 valence electrons. The van der Waals surface area contributed by atoms with E-state index in [2.05, 4.69) is 4.98 Å². The van der Waals surface area contributed by atoms with Gasteiger partial charge in [-0.3, -0.25) is 14.7 Å². The van der Waals surface area contributed by atoms with Gasteiger partial charge in [-0.2, -0.15) is 0 Å².